The van der Waals surface area contributed by atoms with Crippen molar-refractivity contribution in [1.29, 1.82) is 5.26 Å². The Labute approximate surface area is 146 Å². The van der Waals surface area contributed by atoms with E-state index in [0.717, 1.165) is 5.56 Å². The van der Waals surface area contributed by atoms with Crippen LogP contribution in [0.25, 0.3) is 0 Å². The van der Waals surface area contributed by atoms with Crippen molar-refractivity contribution < 1.29 is 18.7 Å². The number of benzene rings is 2. The third kappa shape index (κ3) is 5.50. The molecule has 2 rings (SSSR count). The maximum atomic E-state index is 13.7. The normalized spacial score (nSPS) is 9.96. The van der Waals surface area contributed by atoms with Crippen LogP contribution in [0, 0.1) is 17.1 Å². The molecule has 0 aliphatic carbocycles. The number of carbonyl (C=O) groups excluding carboxylic acids is 1. The topological polar surface area (TPSA) is 71.3 Å². The van der Waals surface area contributed by atoms with Crippen molar-refractivity contribution in [1.82, 2.24) is 5.32 Å². The SMILES string of the molecule is COc1ccc(CCNC(=O)CC#N)cc1OCc1ccccc1F. The van der Waals surface area contributed by atoms with Gasteiger partial charge in [0.15, 0.2) is 11.5 Å². The summed E-state index contributed by atoms with van der Waals surface area (Å²) < 4.78 is 24.7. The lowest BCUT2D eigenvalue weighted by atomic mass is 10.1. The van der Waals surface area contributed by atoms with E-state index in [2.05, 4.69) is 5.32 Å². The largest absolute Gasteiger partial charge is 0.493 e. The fourth-order valence-electron chi connectivity index (χ4n) is 2.24. The van der Waals surface area contributed by atoms with Gasteiger partial charge in [0.05, 0.1) is 13.2 Å². The number of hydrogen-bond acceptors (Lipinski definition) is 4. The van der Waals surface area contributed by atoms with Crippen molar-refractivity contribution in [3.63, 3.8) is 0 Å². The Kier molecular flexibility index (Phi) is 6.78. The number of nitrogens with one attached hydrogen (secondary N) is 1. The maximum Gasteiger partial charge on any atom is 0.234 e. The second-order valence-electron chi connectivity index (χ2n) is 5.30. The number of halogens is 1. The molecule has 25 heavy (non-hydrogen) atoms. The summed E-state index contributed by atoms with van der Waals surface area (Å²) in [5.41, 5.74) is 1.39. The van der Waals surface area contributed by atoms with Gasteiger partial charge in [-0.1, -0.05) is 24.3 Å². The zero-order valence-corrected chi connectivity index (χ0v) is 13.9. The molecule has 1 N–H and O–H groups in total. The average molecular weight is 342 g/mol. The quantitative estimate of drug-likeness (QED) is 0.800. The van der Waals surface area contributed by atoms with Crippen LogP contribution in [0.1, 0.15) is 17.5 Å². The number of nitriles is 1. The van der Waals surface area contributed by atoms with E-state index in [9.17, 15) is 9.18 Å². The molecule has 0 saturated carbocycles. The van der Waals surface area contributed by atoms with E-state index >= 15 is 0 Å². The number of amides is 1. The lowest BCUT2D eigenvalue weighted by Gasteiger charge is -2.13. The van der Waals surface area contributed by atoms with Crippen LogP contribution in [-0.2, 0) is 17.8 Å². The van der Waals surface area contributed by atoms with Gasteiger partial charge in [0.1, 0.15) is 18.8 Å². The summed E-state index contributed by atoms with van der Waals surface area (Å²) in [6, 6.07) is 13.7. The van der Waals surface area contributed by atoms with E-state index in [-0.39, 0.29) is 24.8 Å². The van der Waals surface area contributed by atoms with Crippen LogP contribution in [0.3, 0.4) is 0 Å². The van der Waals surface area contributed by atoms with Crippen molar-refractivity contribution in [3.05, 3.63) is 59.4 Å². The van der Waals surface area contributed by atoms with Gasteiger partial charge in [0.25, 0.3) is 0 Å². The third-order valence-corrected chi connectivity index (χ3v) is 3.54. The van der Waals surface area contributed by atoms with Gasteiger partial charge >= 0.3 is 0 Å². The predicted molar refractivity (Wildman–Crippen MR) is 90.7 cm³/mol. The van der Waals surface area contributed by atoms with Crippen LogP contribution in [0.15, 0.2) is 42.5 Å². The number of ether oxygens (including phenoxy) is 2. The lowest BCUT2D eigenvalue weighted by molar-refractivity contribution is -0.120. The molecule has 6 heteroatoms. The summed E-state index contributed by atoms with van der Waals surface area (Å²) in [6.07, 6.45) is 0.427. The molecule has 5 nitrogen and oxygen atoms in total. The van der Waals surface area contributed by atoms with Crippen LogP contribution in [0.5, 0.6) is 11.5 Å². The zero-order chi connectivity index (χ0) is 18.1. The van der Waals surface area contributed by atoms with Crippen molar-refractivity contribution >= 4 is 5.91 Å². The molecule has 2 aromatic carbocycles. The van der Waals surface area contributed by atoms with E-state index in [1.54, 1.807) is 36.4 Å². The molecule has 0 atom stereocenters. The van der Waals surface area contributed by atoms with Crippen LogP contribution in [-0.4, -0.2) is 19.6 Å². The number of nitrogens with zero attached hydrogens (tertiary/aromatic N) is 1. The first-order chi connectivity index (χ1) is 12.1. The standard InChI is InChI=1S/C19H19FN2O3/c1-24-17-7-6-14(9-11-22-19(23)8-10-21)12-18(17)25-13-15-4-2-3-5-16(15)20/h2-7,12H,8-9,11,13H2,1H3,(H,22,23). The van der Waals surface area contributed by atoms with E-state index < -0.39 is 0 Å². The number of rotatable bonds is 8. The fraction of sp³-hybridized carbons (Fsp3) is 0.263. The van der Waals surface area contributed by atoms with Crippen LogP contribution in [0.4, 0.5) is 4.39 Å². The van der Waals surface area contributed by atoms with Crippen molar-refractivity contribution in [3.8, 4) is 17.6 Å². The van der Waals surface area contributed by atoms with Gasteiger partial charge in [0.2, 0.25) is 5.91 Å². The maximum absolute atomic E-state index is 13.7. The minimum atomic E-state index is -0.321. The Morgan fingerprint density at radius 3 is 2.76 bits per heavy atom. The zero-order valence-electron chi connectivity index (χ0n) is 13.9. The molecule has 0 saturated heterocycles. The minimum Gasteiger partial charge on any atom is -0.493 e. The summed E-state index contributed by atoms with van der Waals surface area (Å²) in [5.74, 6) is 0.435. The summed E-state index contributed by atoms with van der Waals surface area (Å²) in [6.45, 7) is 0.505. The molecule has 1 amide bonds. The van der Waals surface area contributed by atoms with Crippen molar-refractivity contribution in [2.75, 3.05) is 13.7 Å². The van der Waals surface area contributed by atoms with E-state index in [0.29, 0.717) is 30.0 Å². The first-order valence-corrected chi connectivity index (χ1v) is 7.81. The molecule has 0 aliphatic heterocycles. The van der Waals surface area contributed by atoms with Gasteiger partial charge < -0.3 is 14.8 Å². The minimum absolute atomic E-state index is 0.0887. The smallest absolute Gasteiger partial charge is 0.234 e. The monoisotopic (exact) mass is 342 g/mol. The highest BCUT2D eigenvalue weighted by Crippen LogP contribution is 2.29. The molecule has 0 unspecified atom stereocenters. The van der Waals surface area contributed by atoms with Crippen LogP contribution < -0.4 is 14.8 Å². The highest BCUT2D eigenvalue weighted by Gasteiger charge is 2.09. The summed E-state index contributed by atoms with van der Waals surface area (Å²) in [7, 11) is 1.53. The van der Waals surface area contributed by atoms with Gasteiger partial charge in [-0.25, -0.2) is 4.39 Å². The molecule has 0 aliphatic rings. The molecular formula is C19H19FN2O3. The molecule has 0 bridgehead atoms. The second-order valence-corrected chi connectivity index (χ2v) is 5.30. The molecular weight excluding hydrogens is 323 g/mol. The number of carbonyl (C=O) groups is 1. The molecule has 2 aromatic rings. The summed E-state index contributed by atoms with van der Waals surface area (Å²) in [5, 5.41) is 11.1. The van der Waals surface area contributed by atoms with E-state index in [1.165, 1.54) is 13.2 Å². The van der Waals surface area contributed by atoms with Crippen LogP contribution in [0.2, 0.25) is 0 Å². The van der Waals surface area contributed by atoms with E-state index in [1.807, 2.05) is 6.07 Å². The van der Waals surface area contributed by atoms with Gasteiger partial charge in [0, 0.05) is 12.1 Å². The molecule has 0 heterocycles. The number of hydrogen-bond donors (Lipinski definition) is 1. The highest BCUT2D eigenvalue weighted by molar-refractivity contribution is 5.77. The van der Waals surface area contributed by atoms with Gasteiger partial charge in [-0.15, -0.1) is 0 Å². The Morgan fingerprint density at radius 1 is 1.24 bits per heavy atom. The Hall–Kier alpha value is -3.07. The number of methoxy groups -OCH3 is 1. The van der Waals surface area contributed by atoms with Crippen molar-refractivity contribution in [2.45, 2.75) is 19.4 Å². The second kappa shape index (κ2) is 9.28. The Balaban J connectivity index is 2.00. The van der Waals surface area contributed by atoms with Crippen molar-refractivity contribution in [2.24, 2.45) is 0 Å². The predicted octanol–water partition coefficient (Wildman–Crippen LogP) is 2.99. The molecule has 0 radical (unpaired) electrons. The van der Waals surface area contributed by atoms with Crippen LogP contribution >= 0.6 is 0 Å². The summed E-state index contributed by atoms with van der Waals surface area (Å²) in [4.78, 5) is 11.3. The van der Waals surface area contributed by atoms with Gasteiger partial charge in [-0.3, -0.25) is 4.79 Å². The summed E-state index contributed by atoms with van der Waals surface area (Å²) >= 11 is 0. The fourth-order valence-corrected chi connectivity index (χ4v) is 2.24. The molecule has 0 fully saturated rings. The van der Waals surface area contributed by atoms with E-state index in [4.69, 9.17) is 14.7 Å². The molecule has 0 spiro atoms. The first kappa shape index (κ1) is 18.3. The lowest BCUT2D eigenvalue weighted by Crippen LogP contribution is -2.24. The Bertz CT molecular complexity index is 772. The van der Waals surface area contributed by atoms with Gasteiger partial charge in [-0.2, -0.15) is 5.26 Å². The van der Waals surface area contributed by atoms with Gasteiger partial charge in [-0.05, 0) is 30.2 Å². The average Bonchev–Trinajstić information content (AvgIpc) is 2.61. The molecule has 130 valence electrons. The molecule has 0 aromatic heterocycles. The Morgan fingerprint density at radius 2 is 2.04 bits per heavy atom. The third-order valence-electron chi connectivity index (χ3n) is 3.54. The first-order valence-electron chi connectivity index (χ1n) is 7.81. The highest BCUT2D eigenvalue weighted by atomic mass is 19.1.